The highest BCUT2D eigenvalue weighted by Gasteiger charge is 2.09. The van der Waals surface area contributed by atoms with Crippen LogP contribution in [0, 0.1) is 13.8 Å². The van der Waals surface area contributed by atoms with Gasteiger partial charge in [-0.1, -0.05) is 23.8 Å². The number of amides is 1. The van der Waals surface area contributed by atoms with Crippen LogP contribution in [0.2, 0.25) is 0 Å². The zero-order chi connectivity index (χ0) is 16.1. The van der Waals surface area contributed by atoms with Crippen LogP contribution >= 0.6 is 0 Å². The van der Waals surface area contributed by atoms with Crippen molar-refractivity contribution < 1.29 is 19.4 Å². The minimum Gasteiger partial charge on any atom is -0.484 e. The molecule has 0 spiro atoms. The lowest BCUT2D eigenvalue weighted by Gasteiger charge is -2.10. The Morgan fingerprint density at radius 1 is 1.09 bits per heavy atom. The van der Waals surface area contributed by atoms with Gasteiger partial charge in [-0.15, -0.1) is 0 Å². The third kappa shape index (κ3) is 4.09. The summed E-state index contributed by atoms with van der Waals surface area (Å²) >= 11 is 0. The van der Waals surface area contributed by atoms with E-state index < -0.39 is 5.97 Å². The highest BCUT2D eigenvalue weighted by Crippen LogP contribution is 2.17. The fourth-order valence-electron chi connectivity index (χ4n) is 1.86. The van der Waals surface area contributed by atoms with Crippen molar-refractivity contribution in [2.45, 2.75) is 13.8 Å². The van der Waals surface area contributed by atoms with Crippen LogP contribution < -0.4 is 10.1 Å². The SMILES string of the molecule is Cc1ccc(OCC(=O)Nc2cc(C(=O)O)ccc2C)cc1. The molecule has 0 heterocycles. The molecule has 2 rings (SSSR count). The van der Waals surface area contributed by atoms with Crippen molar-refractivity contribution >= 4 is 17.6 Å². The summed E-state index contributed by atoms with van der Waals surface area (Å²) in [5.74, 6) is -0.769. The summed E-state index contributed by atoms with van der Waals surface area (Å²) in [5.41, 5.74) is 2.49. The Balaban J connectivity index is 1.98. The topological polar surface area (TPSA) is 75.6 Å². The predicted octanol–water partition coefficient (Wildman–Crippen LogP) is 3.02. The third-order valence-corrected chi connectivity index (χ3v) is 3.15. The Kier molecular flexibility index (Phi) is 4.78. The summed E-state index contributed by atoms with van der Waals surface area (Å²) in [6.07, 6.45) is 0. The lowest BCUT2D eigenvalue weighted by Crippen LogP contribution is -2.21. The number of nitrogens with one attached hydrogen (secondary N) is 1. The molecule has 0 saturated carbocycles. The molecule has 0 saturated heterocycles. The maximum atomic E-state index is 11.9. The van der Waals surface area contributed by atoms with E-state index in [4.69, 9.17) is 9.84 Å². The van der Waals surface area contributed by atoms with Gasteiger partial charge in [-0.25, -0.2) is 4.79 Å². The summed E-state index contributed by atoms with van der Waals surface area (Å²) < 4.78 is 5.38. The maximum absolute atomic E-state index is 11.9. The molecular weight excluding hydrogens is 282 g/mol. The Hall–Kier alpha value is -2.82. The third-order valence-electron chi connectivity index (χ3n) is 3.15. The lowest BCUT2D eigenvalue weighted by atomic mass is 10.1. The minimum absolute atomic E-state index is 0.125. The van der Waals surface area contributed by atoms with Gasteiger partial charge < -0.3 is 15.2 Å². The van der Waals surface area contributed by atoms with Gasteiger partial charge in [0.1, 0.15) is 5.75 Å². The molecule has 0 aliphatic carbocycles. The first kappa shape index (κ1) is 15.6. The summed E-state index contributed by atoms with van der Waals surface area (Å²) in [5, 5.41) is 11.6. The van der Waals surface area contributed by atoms with Crippen molar-refractivity contribution in [1.29, 1.82) is 0 Å². The summed E-state index contributed by atoms with van der Waals surface area (Å²) in [6.45, 7) is 3.62. The molecule has 0 aromatic heterocycles. The van der Waals surface area contributed by atoms with Crippen molar-refractivity contribution in [3.05, 3.63) is 59.2 Å². The van der Waals surface area contributed by atoms with Gasteiger partial charge in [0.2, 0.25) is 0 Å². The van der Waals surface area contributed by atoms with Crippen LogP contribution in [-0.4, -0.2) is 23.6 Å². The standard InChI is InChI=1S/C17H17NO4/c1-11-3-7-14(8-4-11)22-10-16(19)18-15-9-13(17(20)21)6-5-12(15)2/h3-9H,10H2,1-2H3,(H,18,19)(H,20,21). The molecule has 114 valence electrons. The van der Waals surface area contributed by atoms with E-state index in [1.807, 2.05) is 19.1 Å². The quantitative estimate of drug-likeness (QED) is 0.890. The number of ether oxygens (including phenoxy) is 1. The second-order valence-electron chi connectivity index (χ2n) is 4.98. The number of rotatable bonds is 5. The first-order chi connectivity index (χ1) is 10.5. The fraction of sp³-hybridized carbons (Fsp3) is 0.176. The molecule has 0 radical (unpaired) electrons. The molecule has 0 aliphatic heterocycles. The number of hydrogen-bond donors (Lipinski definition) is 2. The van der Waals surface area contributed by atoms with Crippen LogP contribution in [0.3, 0.4) is 0 Å². The van der Waals surface area contributed by atoms with E-state index in [1.165, 1.54) is 12.1 Å². The van der Waals surface area contributed by atoms with Crippen LogP contribution in [-0.2, 0) is 4.79 Å². The van der Waals surface area contributed by atoms with E-state index in [0.717, 1.165) is 11.1 Å². The normalized spacial score (nSPS) is 10.1. The van der Waals surface area contributed by atoms with Gasteiger partial charge in [0.15, 0.2) is 6.61 Å². The van der Waals surface area contributed by atoms with E-state index in [2.05, 4.69) is 5.32 Å². The van der Waals surface area contributed by atoms with Crippen LogP contribution in [0.4, 0.5) is 5.69 Å². The highest BCUT2D eigenvalue weighted by atomic mass is 16.5. The molecule has 2 aromatic rings. The molecular formula is C17H17NO4. The van der Waals surface area contributed by atoms with Crippen molar-refractivity contribution in [2.24, 2.45) is 0 Å². The minimum atomic E-state index is -1.04. The van der Waals surface area contributed by atoms with Gasteiger partial charge in [-0.05, 0) is 43.7 Å². The first-order valence-corrected chi connectivity index (χ1v) is 6.79. The van der Waals surface area contributed by atoms with Crippen molar-refractivity contribution in [3.63, 3.8) is 0 Å². The van der Waals surface area contributed by atoms with Crippen molar-refractivity contribution in [3.8, 4) is 5.75 Å². The number of anilines is 1. The van der Waals surface area contributed by atoms with Gasteiger partial charge in [0.05, 0.1) is 5.56 Å². The van der Waals surface area contributed by atoms with Gasteiger partial charge in [-0.3, -0.25) is 4.79 Å². The highest BCUT2D eigenvalue weighted by molar-refractivity contribution is 5.95. The zero-order valence-electron chi connectivity index (χ0n) is 12.4. The average Bonchev–Trinajstić information content (AvgIpc) is 2.48. The Labute approximate surface area is 128 Å². The fourth-order valence-corrected chi connectivity index (χ4v) is 1.86. The van der Waals surface area contributed by atoms with Gasteiger partial charge in [0, 0.05) is 5.69 Å². The molecule has 22 heavy (non-hydrogen) atoms. The molecule has 0 atom stereocenters. The number of carbonyl (C=O) groups is 2. The first-order valence-electron chi connectivity index (χ1n) is 6.79. The molecule has 0 unspecified atom stereocenters. The number of carboxylic acids is 1. The Morgan fingerprint density at radius 2 is 1.77 bits per heavy atom. The largest absolute Gasteiger partial charge is 0.484 e. The van der Waals surface area contributed by atoms with E-state index in [9.17, 15) is 9.59 Å². The Bertz CT molecular complexity index is 692. The second kappa shape index (κ2) is 6.76. The number of benzene rings is 2. The van der Waals surface area contributed by atoms with E-state index in [0.29, 0.717) is 11.4 Å². The smallest absolute Gasteiger partial charge is 0.335 e. The number of aromatic carboxylic acids is 1. The van der Waals surface area contributed by atoms with Crippen LogP contribution in [0.5, 0.6) is 5.75 Å². The lowest BCUT2D eigenvalue weighted by molar-refractivity contribution is -0.118. The van der Waals surface area contributed by atoms with Crippen molar-refractivity contribution in [2.75, 3.05) is 11.9 Å². The number of carboxylic acid groups (broad SMARTS) is 1. The summed E-state index contributed by atoms with van der Waals surface area (Å²) in [7, 11) is 0. The molecule has 0 bridgehead atoms. The van der Waals surface area contributed by atoms with Gasteiger partial charge >= 0.3 is 5.97 Å². The molecule has 5 heteroatoms. The molecule has 0 aliphatic rings. The van der Waals surface area contributed by atoms with Crippen molar-refractivity contribution in [1.82, 2.24) is 0 Å². The second-order valence-corrected chi connectivity index (χ2v) is 4.98. The van der Waals surface area contributed by atoms with E-state index in [1.54, 1.807) is 25.1 Å². The van der Waals surface area contributed by atoms with Crippen LogP contribution in [0.1, 0.15) is 21.5 Å². The van der Waals surface area contributed by atoms with Crippen LogP contribution in [0.15, 0.2) is 42.5 Å². The number of aryl methyl sites for hydroxylation is 2. The number of hydrogen-bond acceptors (Lipinski definition) is 3. The monoisotopic (exact) mass is 299 g/mol. The van der Waals surface area contributed by atoms with E-state index >= 15 is 0 Å². The van der Waals surface area contributed by atoms with E-state index in [-0.39, 0.29) is 18.1 Å². The maximum Gasteiger partial charge on any atom is 0.335 e. The molecule has 5 nitrogen and oxygen atoms in total. The molecule has 2 N–H and O–H groups in total. The van der Waals surface area contributed by atoms with Gasteiger partial charge in [-0.2, -0.15) is 0 Å². The number of carbonyl (C=O) groups excluding carboxylic acids is 1. The molecule has 1 amide bonds. The predicted molar refractivity (Wildman–Crippen MR) is 83.4 cm³/mol. The zero-order valence-corrected chi connectivity index (χ0v) is 12.4. The molecule has 2 aromatic carbocycles. The average molecular weight is 299 g/mol. The van der Waals surface area contributed by atoms with Crippen LogP contribution in [0.25, 0.3) is 0 Å². The Morgan fingerprint density at radius 3 is 2.41 bits per heavy atom. The molecule has 0 fully saturated rings. The summed E-state index contributed by atoms with van der Waals surface area (Å²) in [6, 6.07) is 12.0. The van der Waals surface area contributed by atoms with Gasteiger partial charge in [0.25, 0.3) is 5.91 Å². The summed E-state index contributed by atoms with van der Waals surface area (Å²) in [4.78, 5) is 22.9.